The number of nitrogens with zero attached hydrogens (tertiary/aromatic N) is 2. The maximum absolute atomic E-state index is 14.0. The first-order valence-electron chi connectivity index (χ1n) is 14.7. The monoisotopic (exact) mass is 645 g/mol. The maximum Gasteiger partial charge on any atom is 0.243 e. The maximum atomic E-state index is 14.0. The summed E-state index contributed by atoms with van der Waals surface area (Å²) in [7, 11) is -3.59. The molecule has 3 rings (SSSR count). The van der Waals surface area contributed by atoms with Gasteiger partial charge in [-0.15, -0.1) is 0 Å². The lowest BCUT2D eigenvalue weighted by molar-refractivity contribution is -0.141. The Morgan fingerprint density at radius 1 is 0.860 bits per heavy atom. The van der Waals surface area contributed by atoms with Crippen LogP contribution in [0.2, 0.25) is 10.0 Å². The number of aryl methyl sites for hydroxylation is 1. The smallest absolute Gasteiger partial charge is 0.243 e. The Morgan fingerprint density at radius 3 is 2.09 bits per heavy atom. The number of halogens is 2. The molecule has 0 radical (unpaired) electrons. The van der Waals surface area contributed by atoms with Gasteiger partial charge < -0.3 is 10.2 Å². The molecule has 1 atom stereocenters. The van der Waals surface area contributed by atoms with Gasteiger partial charge in [-0.3, -0.25) is 13.9 Å². The fraction of sp³-hybridized carbons (Fsp3) is 0.394. The lowest BCUT2D eigenvalue weighted by atomic mass is 10.0. The lowest BCUT2D eigenvalue weighted by Crippen LogP contribution is -2.50. The predicted octanol–water partition coefficient (Wildman–Crippen LogP) is 6.66. The van der Waals surface area contributed by atoms with E-state index < -0.39 is 16.1 Å². The average molecular weight is 647 g/mol. The molecule has 3 aromatic carbocycles. The highest BCUT2D eigenvalue weighted by Gasteiger charge is 2.31. The van der Waals surface area contributed by atoms with E-state index in [1.165, 1.54) is 9.21 Å². The van der Waals surface area contributed by atoms with Crippen molar-refractivity contribution in [3.05, 3.63) is 99.5 Å². The van der Waals surface area contributed by atoms with Crippen molar-refractivity contribution in [1.29, 1.82) is 0 Å². The zero-order chi connectivity index (χ0) is 31.4. The van der Waals surface area contributed by atoms with Gasteiger partial charge in [0.15, 0.2) is 0 Å². The molecule has 0 aliphatic carbocycles. The highest BCUT2D eigenvalue weighted by atomic mass is 35.5. The quantitative estimate of drug-likeness (QED) is 0.177. The first-order chi connectivity index (χ1) is 20.5. The Labute approximate surface area is 266 Å². The van der Waals surface area contributed by atoms with E-state index in [2.05, 4.69) is 5.32 Å². The first-order valence-corrected chi connectivity index (χ1v) is 17.3. The van der Waals surface area contributed by atoms with Crippen LogP contribution in [0, 0.1) is 0 Å². The largest absolute Gasteiger partial charge is 0.354 e. The van der Waals surface area contributed by atoms with Crippen LogP contribution in [0.5, 0.6) is 0 Å². The van der Waals surface area contributed by atoms with Gasteiger partial charge in [-0.25, -0.2) is 8.42 Å². The van der Waals surface area contributed by atoms with Gasteiger partial charge in [0.25, 0.3) is 0 Å². The molecular weight excluding hydrogens is 605 g/mol. The zero-order valence-electron chi connectivity index (χ0n) is 25.1. The minimum absolute atomic E-state index is 0.0225. The minimum Gasteiger partial charge on any atom is -0.354 e. The van der Waals surface area contributed by atoms with Crippen LogP contribution in [-0.4, -0.2) is 50.5 Å². The van der Waals surface area contributed by atoms with Crippen molar-refractivity contribution in [2.75, 3.05) is 23.7 Å². The summed E-state index contributed by atoms with van der Waals surface area (Å²) in [5, 5.41) is 3.79. The summed E-state index contributed by atoms with van der Waals surface area (Å²) in [6.45, 7) is 4.72. The number of carbonyl (C=O) groups excluding carboxylic acids is 2. The van der Waals surface area contributed by atoms with Crippen LogP contribution in [-0.2, 0) is 39.0 Å². The highest BCUT2D eigenvalue weighted by molar-refractivity contribution is 7.92. The van der Waals surface area contributed by atoms with E-state index in [1.54, 1.807) is 30.3 Å². The number of anilines is 1. The second-order valence-corrected chi connectivity index (χ2v) is 13.3. The molecule has 1 N–H and O–H groups in total. The first kappa shape index (κ1) is 34.4. The number of amides is 2. The van der Waals surface area contributed by atoms with Crippen LogP contribution in [0.1, 0.15) is 56.2 Å². The molecule has 0 heterocycles. The fourth-order valence-electron chi connectivity index (χ4n) is 4.82. The standard InChI is InChI=1S/C33H41Cl2N3O4S/c1-4-6-21-36-33(40)31(23-26-12-8-7-9-13-26)37(24-28-29(34)14-10-15-30(28)35)32(39)16-11-22-38(43(3,41)42)27-19-17-25(5-2)18-20-27/h7-10,12-15,17-20,31H,4-6,11,16,21-24H2,1-3H3,(H,36,40)/t31-/m1/s1. The second-order valence-electron chi connectivity index (χ2n) is 10.5. The van der Waals surface area contributed by atoms with E-state index in [1.807, 2.05) is 56.3 Å². The van der Waals surface area contributed by atoms with E-state index in [0.717, 1.165) is 36.6 Å². The lowest BCUT2D eigenvalue weighted by Gasteiger charge is -2.32. The van der Waals surface area contributed by atoms with Gasteiger partial charge in [-0.2, -0.15) is 0 Å². The number of rotatable bonds is 16. The molecule has 0 bridgehead atoms. The van der Waals surface area contributed by atoms with Gasteiger partial charge in [-0.05, 0) is 54.7 Å². The Bertz CT molecular complexity index is 1430. The molecule has 0 saturated heterocycles. The van der Waals surface area contributed by atoms with Crippen molar-refractivity contribution < 1.29 is 18.0 Å². The van der Waals surface area contributed by atoms with Gasteiger partial charge in [0.1, 0.15) is 6.04 Å². The van der Waals surface area contributed by atoms with Gasteiger partial charge in [0.2, 0.25) is 21.8 Å². The van der Waals surface area contributed by atoms with Crippen molar-refractivity contribution in [3.8, 4) is 0 Å². The Morgan fingerprint density at radius 2 is 1.51 bits per heavy atom. The number of nitrogens with one attached hydrogen (secondary N) is 1. The van der Waals surface area contributed by atoms with Gasteiger partial charge in [-0.1, -0.05) is 92.0 Å². The van der Waals surface area contributed by atoms with Crippen LogP contribution in [0.15, 0.2) is 72.8 Å². The van der Waals surface area contributed by atoms with Crippen LogP contribution in [0.3, 0.4) is 0 Å². The average Bonchev–Trinajstić information content (AvgIpc) is 2.98. The van der Waals surface area contributed by atoms with Crippen LogP contribution >= 0.6 is 23.2 Å². The molecular formula is C33H41Cl2N3O4S. The molecule has 0 fully saturated rings. The highest BCUT2D eigenvalue weighted by Crippen LogP contribution is 2.28. The van der Waals surface area contributed by atoms with Gasteiger partial charge in [0, 0.05) is 48.1 Å². The fourth-order valence-corrected chi connectivity index (χ4v) is 6.30. The summed E-state index contributed by atoms with van der Waals surface area (Å²) in [6, 6.07) is 21.2. The van der Waals surface area contributed by atoms with Gasteiger partial charge >= 0.3 is 0 Å². The molecule has 0 unspecified atom stereocenters. The van der Waals surface area contributed by atoms with E-state index in [9.17, 15) is 18.0 Å². The van der Waals surface area contributed by atoms with E-state index in [-0.39, 0.29) is 37.7 Å². The molecule has 0 aromatic heterocycles. The van der Waals surface area contributed by atoms with Crippen LogP contribution < -0.4 is 9.62 Å². The van der Waals surface area contributed by atoms with Crippen molar-refractivity contribution in [1.82, 2.24) is 10.2 Å². The summed E-state index contributed by atoms with van der Waals surface area (Å²) in [5.74, 6) is -0.556. The number of carbonyl (C=O) groups is 2. The summed E-state index contributed by atoms with van der Waals surface area (Å²) in [6.07, 6.45) is 4.30. The number of hydrogen-bond acceptors (Lipinski definition) is 4. The number of benzene rings is 3. The minimum atomic E-state index is -3.59. The number of unbranched alkanes of at least 4 members (excludes halogenated alkanes) is 1. The van der Waals surface area contributed by atoms with E-state index in [0.29, 0.717) is 34.3 Å². The third-order valence-electron chi connectivity index (χ3n) is 7.28. The molecule has 10 heteroatoms. The van der Waals surface area contributed by atoms with E-state index >= 15 is 0 Å². The van der Waals surface area contributed by atoms with Gasteiger partial charge in [0.05, 0.1) is 11.9 Å². The van der Waals surface area contributed by atoms with Crippen molar-refractivity contribution in [2.24, 2.45) is 0 Å². The summed E-state index contributed by atoms with van der Waals surface area (Å²) < 4.78 is 26.7. The third-order valence-corrected chi connectivity index (χ3v) is 9.18. The molecule has 0 aliphatic heterocycles. The summed E-state index contributed by atoms with van der Waals surface area (Å²) in [4.78, 5) is 29.1. The second kappa shape index (κ2) is 16.7. The molecule has 0 saturated carbocycles. The Balaban J connectivity index is 1.90. The zero-order valence-corrected chi connectivity index (χ0v) is 27.4. The molecule has 0 spiro atoms. The van der Waals surface area contributed by atoms with Crippen molar-refractivity contribution in [2.45, 2.75) is 65.0 Å². The Kier molecular flexibility index (Phi) is 13.4. The molecule has 7 nitrogen and oxygen atoms in total. The molecule has 2 amide bonds. The molecule has 43 heavy (non-hydrogen) atoms. The summed E-state index contributed by atoms with van der Waals surface area (Å²) >= 11 is 13.0. The third kappa shape index (κ3) is 10.3. The van der Waals surface area contributed by atoms with Crippen LogP contribution in [0.4, 0.5) is 5.69 Å². The number of sulfonamides is 1. The number of hydrogen-bond donors (Lipinski definition) is 1. The predicted molar refractivity (Wildman–Crippen MR) is 176 cm³/mol. The SMILES string of the molecule is CCCCNC(=O)[C@@H](Cc1ccccc1)N(Cc1c(Cl)cccc1Cl)C(=O)CCCN(c1ccc(CC)cc1)S(C)(=O)=O. The topological polar surface area (TPSA) is 86.8 Å². The summed E-state index contributed by atoms with van der Waals surface area (Å²) in [5.41, 5.74) is 3.10. The Hall–Kier alpha value is -3.07. The molecule has 232 valence electrons. The molecule has 3 aromatic rings. The van der Waals surface area contributed by atoms with Crippen LogP contribution in [0.25, 0.3) is 0 Å². The van der Waals surface area contributed by atoms with E-state index in [4.69, 9.17) is 23.2 Å². The van der Waals surface area contributed by atoms with Crippen molar-refractivity contribution >= 4 is 50.7 Å². The molecule has 0 aliphatic rings. The van der Waals surface area contributed by atoms with Crippen molar-refractivity contribution in [3.63, 3.8) is 0 Å². The normalized spacial score (nSPS) is 12.0.